The van der Waals surface area contributed by atoms with Crippen LogP contribution in [0, 0.1) is 17.8 Å². The molecule has 0 aromatic heterocycles. The van der Waals surface area contributed by atoms with E-state index >= 15 is 0 Å². The summed E-state index contributed by atoms with van der Waals surface area (Å²) >= 11 is 0. The highest BCUT2D eigenvalue weighted by Crippen LogP contribution is 2.39. The molecule has 0 spiro atoms. The number of likely N-dealkylation sites (tertiary alicyclic amines) is 1. The van der Waals surface area contributed by atoms with Gasteiger partial charge in [-0.05, 0) is 56.8 Å². The van der Waals surface area contributed by atoms with Gasteiger partial charge in [-0.1, -0.05) is 12.8 Å². The van der Waals surface area contributed by atoms with Crippen molar-refractivity contribution in [2.24, 2.45) is 17.8 Å². The third-order valence-corrected chi connectivity index (χ3v) is 5.08. The molecular weight excluding hydrogens is 238 g/mol. The lowest BCUT2D eigenvalue weighted by molar-refractivity contribution is -0.133. The van der Waals surface area contributed by atoms with Crippen molar-refractivity contribution in [2.45, 2.75) is 38.5 Å². The first kappa shape index (κ1) is 13.0. The Labute approximate surface area is 115 Å². The Morgan fingerprint density at radius 2 is 1.68 bits per heavy atom. The normalized spacial score (nSPS) is 36.3. The molecule has 3 atom stereocenters. The Kier molecular flexibility index (Phi) is 3.83. The van der Waals surface area contributed by atoms with Gasteiger partial charge in [0.25, 0.3) is 0 Å². The molecule has 0 amide bonds. The minimum atomic E-state index is -0.0202. The number of hydrogen-bond acceptors (Lipinski definition) is 3. The van der Waals surface area contributed by atoms with Crippen molar-refractivity contribution >= 4 is 11.6 Å². The molecule has 3 aliphatic rings. The van der Waals surface area contributed by atoms with Gasteiger partial charge in [0.1, 0.15) is 0 Å². The first-order valence-corrected chi connectivity index (χ1v) is 7.74. The zero-order valence-electron chi connectivity index (χ0n) is 11.5. The number of carbonyl (C=O) groups is 2. The maximum Gasteiger partial charge on any atom is 0.159 e. The lowest BCUT2D eigenvalue weighted by Gasteiger charge is -2.40. The summed E-state index contributed by atoms with van der Waals surface area (Å²) in [5.41, 5.74) is 0. The van der Waals surface area contributed by atoms with E-state index in [1.807, 2.05) is 0 Å². The molecule has 0 bridgehead atoms. The van der Waals surface area contributed by atoms with Crippen molar-refractivity contribution in [3.63, 3.8) is 0 Å². The monoisotopic (exact) mass is 261 g/mol. The van der Waals surface area contributed by atoms with Gasteiger partial charge < -0.3 is 4.90 Å². The number of nitrogens with zero attached hydrogens (tertiary/aromatic N) is 1. The first-order chi connectivity index (χ1) is 9.25. The van der Waals surface area contributed by atoms with Crippen LogP contribution in [0.25, 0.3) is 0 Å². The molecule has 0 aromatic rings. The standard InChI is InChI=1S/C16H23NO2/c18-14-7-8-15(19)16-12(5-4-6-13(14)16)11-17-9-2-1-3-10-17/h7-8,12-13,16H,1-6,9-11H2. The van der Waals surface area contributed by atoms with E-state index in [1.165, 1.54) is 44.5 Å². The molecule has 3 nitrogen and oxygen atoms in total. The van der Waals surface area contributed by atoms with Crippen molar-refractivity contribution in [1.82, 2.24) is 4.90 Å². The molecule has 104 valence electrons. The molecule has 1 saturated heterocycles. The summed E-state index contributed by atoms with van der Waals surface area (Å²) in [5, 5.41) is 0. The predicted octanol–water partition coefficient (Wildman–Crippen LogP) is 2.21. The molecule has 0 radical (unpaired) electrons. The molecule has 0 N–H and O–H groups in total. The maximum atomic E-state index is 12.2. The summed E-state index contributed by atoms with van der Waals surface area (Å²) in [4.78, 5) is 26.6. The van der Waals surface area contributed by atoms with Gasteiger partial charge in [-0.25, -0.2) is 0 Å². The number of fused-ring (bicyclic) bond motifs is 1. The zero-order chi connectivity index (χ0) is 13.2. The van der Waals surface area contributed by atoms with Gasteiger partial charge in [0.2, 0.25) is 0 Å². The van der Waals surface area contributed by atoms with E-state index in [4.69, 9.17) is 0 Å². The fraction of sp³-hybridized carbons (Fsp3) is 0.750. The van der Waals surface area contributed by atoms with E-state index in [2.05, 4.69) is 4.90 Å². The van der Waals surface area contributed by atoms with Crippen molar-refractivity contribution in [1.29, 1.82) is 0 Å². The Morgan fingerprint density at radius 3 is 2.47 bits per heavy atom. The third-order valence-electron chi connectivity index (χ3n) is 5.08. The van der Waals surface area contributed by atoms with Crippen molar-refractivity contribution in [2.75, 3.05) is 19.6 Å². The van der Waals surface area contributed by atoms with E-state index in [0.29, 0.717) is 5.92 Å². The van der Waals surface area contributed by atoms with Crippen molar-refractivity contribution in [3.8, 4) is 0 Å². The number of allylic oxidation sites excluding steroid dienone is 2. The number of piperidine rings is 1. The van der Waals surface area contributed by atoms with Crippen LogP contribution in [0.2, 0.25) is 0 Å². The summed E-state index contributed by atoms with van der Waals surface area (Å²) in [5.74, 6) is 0.756. The van der Waals surface area contributed by atoms with Crippen LogP contribution in [0.15, 0.2) is 12.2 Å². The van der Waals surface area contributed by atoms with E-state index in [9.17, 15) is 9.59 Å². The Morgan fingerprint density at radius 1 is 0.947 bits per heavy atom. The highest BCUT2D eigenvalue weighted by Gasteiger charge is 2.42. The lowest BCUT2D eigenvalue weighted by atomic mass is 9.66. The molecule has 1 saturated carbocycles. The van der Waals surface area contributed by atoms with Gasteiger partial charge in [0, 0.05) is 18.4 Å². The van der Waals surface area contributed by atoms with Crippen LogP contribution in [0.5, 0.6) is 0 Å². The third kappa shape index (κ3) is 2.66. The number of rotatable bonds is 2. The molecular formula is C16H23NO2. The van der Waals surface area contributed by atoms with Crippen LogP contribution >= 0.6 is 0 Å². The number of hydrogen-bond donors (Lipinski definition) is 0. The van der Waals surface area contributed by atoms with Crippen LogP contribution in [-0.4, -0.2) is 36.1 Å². The van der Waals surface area contributed by atoms with Gasteiger partial charge in [-0.15, -0.1) is 0 Å². The van der Waals surface area contributed by atoms with Crippen LogP contribution in [-0.2, 0) is 9.59 Å². The van der Waals surface area contributed by atoms with Crippen LogP contribution in [0.4, 0.5) is 0 Å². The summed E-state index contributed by atoms with van der Waals surface area (Å²) in [6.07, 6.45) is 10.1. The van der Waals surface area contributed by atoms with Crippen LogP contribution in [0.3, 0.4) is 0 Å². The second kappa shape index (κ2) is 5.58. The summed E-state index contributed by atoms with van der Waals surface area (Å²) < 4.78 is 0. The predicted molar refractivity (Wildman–Crippen MR) is 73.8 cm³/mol. The second-order valence-corrected chi connectivity index (χ2v) is 6.32. The molecule has 3 rings (SSSR count). The van der Waals surface area contributed by atoms with E-state index in [1.54, 1.807) is 0 Å². The molecule has 3 heteroatoms. The van der Waals surface area contributed by atoms with Crippen LogP contribution < -0.4 is 0 Å². The minimum Gasteiger partial charge on any atom is -0.303 e. The molecule has 3 unspecified atom stereocenters. The summed E-state index contributed by atoms with van der Waals surface area (Å²) in [7, 11) is 0. The summed E-state index contributed by atoms with van der Waals surface area (Å²) in [6.45, 7) is 3.37. The Bertz CT molecular complexity index is 396. The zero-order valence-corrected chi connectivity index (χ0v) is 11.5. The highest BCUT2D eigenvalue weighted by atomic mass is 16.1. The average Bonchev–Trinajstić information content (AvgIpc) is 2.44. The van der Waals surface area contributed by atoms with Crippen molar-refractivity contribution < 1.29 is 9.59 Å². The molecule has 0 aromatic carbocycles. The largest absolute Gasteiger partial charge is 0.303 e. The number of ketones is 2. The van der Waals surface area contributed by atoms with Gasteiger partial charge >= 0.3 is 0 Å². The first-order valence-electron chi connectivity index (χ1n) is 7.74. The maximum absolute atomic E-state index is 12.2. The van der Waals surface area contributed by atoms with Gasteiger partial charge in [-0.2, -0.15) is 0 Å². The molecule has 19 heavy (non-hydrogen) atoms. The second-order valence-electron chi connectivity index (χ2n) is 6.32. The van der Waals surface area contributed by atoms with Gasteiger partial charge in [0.05, 0.1) is 0 Å². The topological polar surface area (TPSA) is 37.4 Å². The highest BCUT2D eigenvalue weighted by molar-refractivity contribution is 6.07. The van der Waals surface area contributed by atoms with E-state index in [-0.39, 0.29) is 23.4 Å². The lowest BCUT2D eigenvalue weighted by Crippen LogP contribution is -2.45. The van der Waals surface area contributed by atoms with Gasteiger partial charge in [-0.3, -0.25) is 9.59 Å². The van der Waals surface area contributed by atoms with E-state index in [0.717, 1.165) is 25.8 Å². The average molecular weight is 261 g/mol. The minimum absolute atomic E-state index is 0.0129. The number of carbonyl (C=O) groups excluding carboxylic acids is 2. The SMILES string of the molecule is O=C1C=CC(=O)C2C(CN3CCCCC3)CCCC12. The molecule has 1 aliphatic heterocycles. The fourth-order valence-electron chi connectivity index (χ4n) is 4.11. The Balaban J connectivity index is 1.71. The Hall–Kier alpha value is -0.960. The fourth-order valence-corrected chi connectivity index (χ4v) is 4.11. The quantitative estimate of drug-likeness (QED) is 0.765. The summed E-state index contributed by atoms with van der Waals surface area (Å²) in [6, 6.07) is 0. The van der Waals surface area contributed by atoms with Crippen molar-refractivity contribution in [3.05, 3.63) is 12.2 Å². The smallest absolute Gasteiger partial charge is 0.159 e. The van der Waals surface area contributed by atoms with Gasteiger partial charge in [0.15, 0.2) is 11.6 Å². The van der Waals surface area contributed by atoms with Crippen LogP contribution in [0.1, 0.15) is 38.5 Å². The molecule has 1 heterocycles. The molecule has 2 fully saturated rings. The molecule has 2 aliphatic carbocycles. The van der Waals surface area contributed by atoms with E-state index < -0.39 is 0 Å².